The van der Waals surface area contributed by atoms with Gasteiger partial charge in [-0.1, -0.05) is 29.8 Å². The minimum Gasteiger partial charge on any atom is -0.365 e. The molecule has 0 fully saturated rings. The first-order chi connectivity index (χ1) is 14.3. The smallest absolute Gasteiger partial charge is 0.315 e. The average Bonchev–Trinajstić information content (AvgIpc) is 3.09. The molecule has 4 rings (SSSR count). The molecule has 3 aromatic rings. The van der Waals surface area contributed by atoms with E-state index in [1.54, 1.807) is 6.07 Å². The van der Waals surface area contributed by atoms with Gasteiger partial charge in [0, 0.05) is 12.1 Å². The normalized spacial score (nSPS) is 15.7. The van der Waals surface area contributed by atoms with Crippen LogP contribution < -0.4 is 11.5 Å². The molecule has 0 radical (unpaired) electrons. The molecular formula is C20H16ClF2N5O2. The van der Waals surface area contributed by atoms with E-state index in [1.807, 2.05) is 0 Å². The number of aromatic nitrogens is 2. The summed E-state index contributed by atoms with van der Waals surface area (Å²) in [5.41, 5.74) is 12.5. The molecule has 7 nitrogen and oxygen atoms in total. The SMILES string of the molecule is NC(=O)c1c(-c2cccc(F)c2)nn2c1C(c1ccc(F)c(Cl)c1)N(C(N)=O)CC2. The minimum atomic E-state index is -0.883. The van der Waals surface area contributed by atoms with Crippen molar-refractivity contribution in [3.8, 4) is 11.3 Å². The summed E-state index contributed by atoms with van der Waals surface area (Å²) in [5, 5.41) is 4.30. The number of nitrogens with zero attached hydrogens (tertiary/aromatic N) is 3. The van der Waals surface area contributed by atoms with Crippen molar-refractivity contribution >= 4 is 23.5 Å². The number of fused-ring (bicyclic) bond motifs is 1. The summed E-state index contributed by atoms with van der Waals surface area (Å²) >= 11 is 5.94. The Balaban J connectivity index is 1.99. The Hall–Kier alpha value is -3.46. The third-order valence-corrected chi connectivity index (χ3v) is 5.29. The Kier molecular flexibility index (Phi) is 4.90. The van der Waals surface area contributed by atoms with Gasteiger partial charge in [-0.25, -0.2) is 13.6 Å². The number of amides is 3. The summed E-state index contributed by atoms with van der Waals surface area (Å²) in [4.78, 5) is 25.9. The zero-order valence-corrected chi connectivity index (χ0v) is 16.2. The van der Waals surface area contributed by atoms with Gasteiger partial charge in [-0.05, 0) is 29.8 Å². The van der Waals surface area contributed by atoms with E-state index in [0.717, 1.165) is 6.07 Å². The van der Waals surface area contributed by atoms with Crippen LogP contribution in [0.2, 0.25) is 5.02 Å². The molecule has 30 heavy (non-hydrogen) atoms. The quantitative estimate of drug-likeness (QED) is 0.665. The zero-order valence-electron chi connectivity index (χ0n) is 15.5. The molecule has 1 unspecified atom stereocenters. The maximum Gasteiger partial charge on any atom is 0.315 e. The first-order valence-corrected chi connectivity index (χ1v) is 9.33. The van der Waals surface area contributed by atoms with Crippen LogP contribution >= 0.6 is 11.6 Å². The van der Waals surface area contributed by atoms with Crippen LogP contribution in [-0.4, -0.2) is 33.2 Å². The lowest BCUT2D eigenvalue weighted by molar-refractivity contribution is 0.0995. The molecular weight excluding hydrogens is 416 g/mol. The van der Waals surface area contributed by atoms with E-state index in [4.69, 9.17) is 23.1 Å². The molecule has 2 aromatic carbocycles. The molecule has 0 spiro atoms. The maximum atomic E-state index is 13.8. The third kappa shape index (κ3) is 3.26. The number of urea groups is 1. The zero-order chi connectivity index (χ0) is 21.6. The van der Waals surface area contributed by atoms with Crippen molar-refractivity contribution in [1.82, 2.24) is 14.7 Å². The van der Waals surface area contributed by atoms with Crippen molar-refractivity contribution in [1.29, 1.82) is 0 Å². The summed E-state index contributed by atoms with van der Waals surface area (Å²) in [6, 6.07) is 7.91. The topological polar surface area (TPSA) is 107 Å². The summed E-state index contributed by atoms with van der Waals surface area (Å²) in [6.07, 6.45) is 0. The lowest BCUT2D eigenvalue weighted by Gasteiger charge is -2.35. The van der Waals surface area contributed by atoms with Gasteiger partial charge in [0.05, 0.1) is 22.8 Å². The lowest BCUT2D eigenvalue weighted by atomic mass is 9.94. The van der Waals surface area contributed by atoms with Gasteiger partial charge < -0.3 is 16.4 Å². The second-order valence-corrected chi connectivity index (χ2v) is 7.22. The highest BCUT2D eigenvalue weighted by atomic mass is 35.5. The van der Waals surface area contributed by atoms with Crippen LogP contribution in [0.1, 0.15) is 27.7 Å². The summed E-state index contributed by atoms with van der Waals surface area (Å²) < 4.78 is 29.0. The van der Waals surface area contributed by atoms with E-state index < -0.39 is 29.6 Å². The van der Waals surface area contributed by atoms with Gasteiger partial charge in [0.15, 0.2) is 0 Å². The Morgan fingerprint density at radius 3 is 2.50 bits per heavy atom. The van der Waals surface area contributed by atoms with Crippen LogP contribution in [0.15, 0.2) is 42.5 Å². The van der Waals surface area contributed by atoms with Gasteiger partial charge in [-0.15, -0.1) is 0 Å². The summed E-state index contributed by atoms with van der Waals surface area (Å²) in [6.45, 7) is 0.420. The highest BCUT2D eigenvalue weighted by Crippen LogP contribution is 2.39. The molecule has 1 aliphatic rings. The molecule has 4 N–H and O–H groups in total. The Labute approximate surface area is 174 Å². The van der Waals surface area contributed by atoms with Crippen LogP contribution in [-0.2, 0) is 6.54 Å². The van der Waals surface area contributed by atoms with Crippen molar-refractivity contribution < 1.29 is 18.4 Å². The molecule has 3 amide bonds. The van der Waals surface area contributed by atoms with E-state index >= 15 is 0 Å². The Morgan fingerprint density at radius 2 is 1.87 bits per heavy atom. The molecule has 0 saturated heterocycles. The van der Waals surface area contributed by atoms with E-state index in [0.29, 0.717) is 16.8 Å². The largest absolute Gasteiger partial charge is 0.365 e. The van der Waals surface area contributed by atoms with Crippen molar-refractivity contribution in [3.63, 3.8) is 0 Å². The Bertz CT molecular complexity index is 1180. The van der Waals surface area contributed by atoms with Crippen molar-refractivity contribution in [2.45, 2.75) is 12.6 Å². The van der Waals surface area contributed by atoms with Crippen LogP contribution in [0.25, 0.3) is 11.3 Å². The summed E-state index contributed by atoms with van der Waals surface area (Å²) in [7, 11) is 0. The molecule has 0 bridgehead atoms. The molecule has 0 saturated carbocycles. The van der Waals surface area contributed by atoms with Crippen LogP contribution in [0, 0.1) is 11.6 Å². The monoisotopic (exact) mass is 431 g/mol. The lowest BCUT2D eigenvalue weighted by Crippen LogP contribution is -2.46. The van der Waals surface area contributed by atoms with E-state index in [1.165, 1.54) is 39.9 Å². The van der Waals surface area contributed by atoms with Crippen molar-refractivity contribution in [2.75, 3.05) is 6.54 Å². The molecule has 154 valence electrons. The number of primary amides is 2. The number of carbonyl (C=O) groups excluding carboxylic acids is 2. The fourth-order valence-corrected chi connectivity index (χ4v) is 3.93. The second kappa shape index (κ2) is 7.42. The number of benzene rings is 2. The highest BCUT2D eigenvalue weighted by Gasteiger charge is 2.38. The predicted octanol–water partition coefficient (Wildman–Crippen LogP) is 3.06. The molecule has 1 aliphatic heterocycles. The van der Waals surface area contributed by atoms with Gasteiger partial charge in [-0.3, -0.25) is 9.48 Å². The molecule has 2 heterocycles. The Morgan fingerprint density at radius 1 is 1.10 bits per heavy atom. The highest BCUT2D eigenvalue weighted by molar-refractivity contribution is 6.30. The molecule has 1 aromatic heterocycles. The number of rotatable bonds is 3. The van der Waals surface area contributed by atoms with Gasteiger partial charge in [0.1, 0.15) is 23.4 Å². The first kappa shape index (κ1) is 19.8. The molecule has 0 aliphatic carbocycles. The second-order valence-electron chi connectivity index (χ2n) is 6.81. The number of hydrogen-bond donors (Lipinski definition) is 2. The van der Waals surface area contributed by atoms with Gasteiger partial charge >= 0.3 is 6.03 Å². The number of halogens is 3. The van der Waals surface area contributed by atoms with Crippen molar-refractivity contribution in [3.05, 3.63) is 75.9 Å². The molecule has 1 atom stereocenters. The number of carbonyl (C=O) groups is 2. The van der Waals surface area contributed by atoms with E-state index in [-0.39, 0.29) is 29.4 Å². The minimum absolute atomic E-state index is 0.0250. The van der Waals surface area contributed by atoms with Crippen LogP contribution in [0.4, 0.5) is 13.6 Å². The third-order valence-electron chi connectivity index (χ3n) is 5.00. The van der Waals surface area contributed by atoms with Gasteiger partial charge in [0.25, 0.3) is 5.91 Å². The fraction of sp³-hybridized carbons (Fsp3) is 0.150. The van der Waals surface area contributed by atoms with E-state index in [9.17, 15) is 18.4 Å². The predicted molar refractivity (Wildman–Crippen MR) is 106 cm³/mol. The number of nitrogens with two attached hydrogens (primary N) is 2. The van der Waals surface area contributed by atoms with Crippen LogP contribution in [0.5, 0.6) is 0 Å². The fourth-order valence-electron chi connectivity index (χ4n) is 3.74. The van der Waals surface area contributed by atoms with Crippen LogP contribution in [0.3, 0.4) is 0 Å². The summed E-state index contributed by atoms with van der Waals surface area (Å²) in [5.74, 6) is -1.94. The first-order valence-electron chi connectivity index (χ1n) is 8.95. The number of hydrogen-bond acceptors (Lipinski definition) is 3. The van der Waals surface area contributed by atoms with Gasteiger partial charge in [0.2, 0.25) is 0 Å². The standard InChI is InChI=1S/C20H16ClF2N5O2/c21-13-9-11(4-5-14(13)23)17-18-15(19(24)29)16(10-2-1-3-12(22)8-10)26-28(18)7-6-27(17)20(25)30/h1-5,8-9,17H,6-7H2,(H2,24,29)(H2,25,30). The van der Waals surface area contributed by atoms with E-state index in [2.05, 4.69) is 5.10 Å². The average molecular weight is 432 g/mol. The van der Waals surface area contributed by atoms with Gasteiger partial charge in [-0.2, -0.15) is 5.10 Å². The van der Waals surface area contributed by atoms with Crippen molar-refractivity contribution in [2.24, 2.45) is 11.5 Å². The molecule has 10 heteroatoms. The maximum absolute atomic E-state index is 13.8.